The van der Waals surface area contributed by atoms with E-state index in [2.05, 4.69) is 29.5 Å². The van der Waals surface area contributed by atoms with Crippen molar-refractivity contribution in [1.29, 1.82) is 0 Å². The second-order valence-electron chi connectivity index (χ2n) is 8.11. The van der Waals surface area contributed by atoms with Crippen LogP contribution >= 0.6 is 11.8 Å². The lowest BCUT2D eigenvalue weighted by Crippen LogP contribution is -2.43. The summed E-state index contributed by atoms with van der Waals surface area (Å²) in [6.45, 7) is 4.63. The van der Waals surface area contributed by atoms with Crippen LogP contribution in [0.3, 0.4) is 0 Å². The Morgan fingerprint density at radius 3 is 2.87 bits per heavy atom. The van der Waals surface area contributed by atoms with E-state index in [0.717, 1.165) is 12.8 Å². The number of nitrogens with one attached hydrogen (secondary N) is 2. The Morgan fingerprint density at radius 2 is 2.00 bits per heavy atom. The summed E-state index contributed by atoms with van der Waals surface area (Å²) >= 11 is 1.25. The van der Waals surface area contributed by atoms with Gasteiger partial charge in [0.25, 0.3) is 5.91 Å². The molecule has 0 spiro atoms. The predicted molar refractivity (Wildman–Crippen MR) is 120 cm³/mol. The Hall–Kier alpha value is -2.74. The van der Waals surface area contributed by atoms with Crippen LogP contribution in [0.5, 0.6) is 11.5 Å². The monoisotopic (exact) mass is 441 g/mol. The minimum atomic E-state index is -0.185. The van der Waals surface area contributed by atoms with E-state index in [-0.39, 0.29) is 30.4 Å². The van der Waals surface area contributed by atoms with Crippen LogP contribution in [0.15, 0.2) is 41.6 Å². The van der Waals surface area contributed by atoms with Crippen LogP contribution in [0, 0.1) is 11.8 Å². The molecule has 2 N–H and O–H groups in total. The highest BCUT2D eigenvalue weighted by molar-refractivity contribution is 8.00. The van der Waals surface area contributed by atoms with Crippen molar-refractivity contribution in [2.24, 2.45) is 11.8 Å². The van der Waals surface area contributed by atoms with Gasteiger partial charge in [-0.2, -0.15) is 0 Å². The molecule has 2 aromatic rings. The molecule has 2 aliphatic rings. The third-order valence-corrected chi connectivity index (χ3v) is 7.04. The molecule has 1 aromatic carbocycles. The molecule has 3 atom stereocenters. The second kappa shape index (κ2) is 9.60. The summed E-state index contributed by atoms with van der Waals surface area (Å²) in [5, 5.41) is 6.58. The summed E-state index contributed by atoms with van der Waals surface area (Å²) in [5.74, 6) is 2.15. The topological polar surface area (TPSA) is 89.6 Å². The third-order valence-electron chi connectivity index (χ3n) is 6.04. The molecule has 2 heterocycles. The van der Waals surface area contributed by atoms with Gasteiger partial charge in [-0.15, -0.1) is 0 Å². The summed E-state index contributed by atoms with van der Waals surface area (Å²) in [6.07, 6.45) is 4.98. The number of anilines is 1. The zero-order chi connectivity index (χ0) is 21.8. The van der Waals surface area contributed by atoms with Gasteiger partial charge in [0, 0.05) is 24.0 Å². The number of fused-ring (bicyclic) bond motifs is 1. The van der Waals surface area contributed by atoms with Crippen LogP contribution in [0.4, 0.5) is 5.69 Å². The fourth-order valence-corrected chi connectivity index (χ4v) is 4.81. The number of nitrogens with zero attached hydrogens (tertiary/aromatic N) is 1. The van der Waals surface area contributed by atoms with Crippen LogP contribution in [0.2, 0.25) is 0 Å². The van der Waals surface area contributed by atoms with Gasteiger partial charge in [-0.05, 0) is 42.5 Å². The van der Waals surface area contributed by atoms with Crippen LogP contribution in [0.25, 0.3) is 0 Å². The third kappa shape index (κ3) is 5.12. The summed E-state index contributed by atoms with van der Waals surface area (Å²) in [6, 6.07) is 8.94. The number of carbonyl (C=O) groups excluding carboxylic acids is 2. The molecule has 1 aliphatic carbocycles. The van der Waals surface area contributed by atoms with Gasteiger partial charge in [0.1, 0.15) is 5.03 Å². The van der Waals surface area contributed by atoms with Crippen LogP contribution in [-0.4, -0.2) is 35.4 Å². The van der Waals surface area contributed by atoms with Gasteiger partial charge < -0.3 is 20.1 Å². The minimum Gasteiger partial charge on any atom is -0.454 e. The van der Waals surface area contributed by atoms with Gasteiger partial charge in [0.2, 0.25) is 12.7 Å². The van der Waals surface area contributed by atoms with E-state index in [4.69, 9.17) is 9.47 Å². The van der Waals surface area contributed by atoms with E-state index in [9.17, 15) is 9.59 Å². The molecule has 2 amide bonds. The molecule has 1 fully saturated rings. The smallest absolute Gasteiger partial charge is 0.254 e. The van der Waals surface area contributed by atoms with Crippen molar-refractivity contribution in [1.82, 2.24) is 10.3 Å². The van der Waals surface area contributed by atoms with Gasteiger partial charge in [-0.1, -0.05) is 38.5 Å². The van der Waals surface area contributed by atoms with E-state index >= 15 is 0 Å². The average Bonchev–Trinajstić information content (AvgIpc) is 3.23. The highest BCUT2D eigenvalue weighted by atomic mass is 32.2. The van der Waals surface area contributed by atoms with E-state index in [0.29, 0.717) is 39.6 Å². The molecule has 1 aliphatic heterocycles. The summed E-state index contributed by atoms with van der Waals surface area (Å²) in [5.41, 5.74) is 1.14. The first kappa shape index (κ1) is 21.5. The zero-order valence-corrected chi connectivity index (χ0v) is 18.5. The van der Waals surface area contributed by atoms with E-state index in [1.165, 1.54) is 18.2 Å². The summed E-state index contributed by atoms with van der Waals surface area (Å²) < 4.78 is 10.6. The number of ether oxygens (including phenoxy) is 2. The first-order valence-electron chi connectivity index (χ1n) is 10.6. The second-order valence-corrected chi connectivity index (χ2v) is 9.07. The van der Waals surface area contributed by atoms with Crippen LogP contribution < -0.4 is 20.1 Å². The largest absolute Gasteiger partial charge is 0.454 e. The number of aromatic nitrogens is 1. The molecule has 1 aromatic heterocycles. The standard InChI is InChI=1S/C23H27N3O4S/c1-14-5-3-7-18(15(14)2)26-22(28)17-6-4-10-24-23(17)31-12-21(27)25-16-8-9-19-20(11-16)30-13-29-19/h4,6,8-11,14-15,18H,3,5,7,12-13H2,1-2H3,(H,25,27)(H,26,28). The highest BCUT2D eigenvalue weighted by Crippen LogP contribution is 2.34. The molecule has 4 rings (SSSR count). The molecule has 3 unspecified atom stereocenters. The van der Waals surface area contributed by atoms with Crippen molar-refractivity contribution in [3.05, 3.63) is 42.1 Å². The summed E-state index contributed by atoms with van der Waals surface area (Å²) in [4.78, 5) is 29.7. The maximum absolute atomic E-state index is 12.9. The Labute approximate surface area is 186 Å². The molecule has 0 saturated heterocycles. The molecule has 1 saturated carbocycles. The predicted octanol–water partition coefficient (Wildman–Crippen LogP) is 4.10. The first-order valence-corrected chi connectivity index (χ1v) is 11.6. The summed E-state index contributed by atoms with van der Waals surface area (Å²) in [7, 11) is 0. The number of thioether (sulfide) groups is 1. The number of hydrogen-bond acceptors (Lipinski definition) is 6. The number of pyridine rings is 1. The molecule has 8 heteroatoms. The van der Waals surface area contributed by atoms with Crippen molar-refractivity contribution >= 4 is 29.3 Å². The number of benzene rings is 1. The molecule has 0 bridgehead atoms. The number of rotatable bonds is 6. The van der Waals surface area contributed by atoms with Crippen molar-refractivity contribution in [2.75, 3.05) is 17.9 Å². The van der Waals surface area contributed by atoms with E-state index < -0.39 is 0 Å². The SMILES string of the molecule is CC1CCCC(NC(=O)c2cccnc2SCC(=O)Nc2ccc3c(c2)OCO3)C1C. The molecular weight excluding hydrogens is 414 g/mol. The molecular formula is C23H27N3O4S. The van der Waals surface area contributed by atoms with E-state index in [1.54, 1.807) is 36.5 Å². The Morgan fingerprint density at radius 1 is 1.16 bits per heavy atom. The normalized spacial score (nSPS) is 22.1. The lowest BCUT2D eigenvalue weighted by Gasteiger charge is -2.34. The zero-order valence-electron chi connectivity index (χ0n) is 17.7. The van der Waals surface area contributed by atoms with Crippen molar-refractivity contribution in [2.45, 2.75) is 44.2 Å². The van der Waals surface area contributed by atoms with Gasteiger partial charge in [-0.25, -0.2) is 4.98 Å². The lowest BCUT2D eigenvalue weighted by atomic mass is 9.78. The fourth-order valence-electron chi connectivity index (χ4n) is 4.02. The molecule has 7 nitrogen and oxygen atoms in total. The first-order chi connectivity index (χ1) is 15.0. The fraction of sp³-hybridized carbons (Fsp3) is 0.435. The maximum Gasteiger partial charge on any atom is 0.254 e. The van der Waals surface area contributed by atoms with Gasteiger partial charge in [-0.3, -0.25) is 9.59 Å². The number of carbonyl (C=O) groups is 2. The van der Waals surface area contributed by atoms with Gasteiger partial charge in [0.15, 0.2) is 11.5 Å². The van der Waals surface area contributed by atoms with Crippen LogP contribution in [0.1, 0.15) is 43.5 Å². The average molecular weight is 442 g/mol. The molecule has 31 heavy (non-hydrogen) atoms. The maximum atomic E-state index is 12.9. The molecule has 164 valence electrons. The van der Waals surface area contributed by atoms with Crippen molar-refractivity contribution in [3.8, 4) is 11.5 Å². The highest BCUT2D eigenvalue weighted by Gasteiger charge is 2.29. The lowest BCUT2D eigenvalue weighted by molar-refractivity contribution is -0.113. The number of amides is 2. The minimum absolute atomic E-state index is 0.127. The molecule has 0 radical (unpaired) electrons. The van der Waals surface area contributed by atoms with Gasteiger partial charge in [0.05, 0.1) is 11.3 Å². The number of hydrogen-bond donors (Lipinski definition) is 2. The quantitative estimate of drug-likeness (QED) is 0.656. The Kier molecular flexibility index (Phi) is 6.65. The van der Waals surface area contributed by atoms with Gasteiger partial charge >= 0.3 is 0 Å². The Balaban J connectivity index is 1.36. The van der Waals surface area contributed by atoms with E-state index in [1.807, 2.05) is 0 Å². The van der Waals surface area contributed by atoms with Crippen molar-refractivity contribution < 1.29 is 19.1 Å². The van der Waals surface area contributed by atoms with Crippen LogP contribution in [-0.2, 0) is 4.79 Å². The Bertz CT molecular complexity index is 968. The van der Waals surface area contributed by atoms with Crippen molar-refractivity contribution in [3.63, 3.8) is 0 Å².